The molecule has 0 aliphatic carbocycles. The van der Waals surface area contributed by atoms with Crippen LogP contribution in [0.4, 0.5) is 0 Å². The van der Waals surface area contributed by atoms with Crippen LogP contribution in [0.2, 0.25) is 0 Å². The Kier molecular flexibility index (Phi) is 3.59. The van der Waals surface area contributed by atoms with Gasteiger partial charge in [-0.1, -0.05) is 23.9 Å². The van der Waals surface area contributed by atoms with Crippen molar-refractivity contribution in [2.24, 2.45) is 0 Å². The molecule has 1 atom stereocenters. The highest BCUT2D eigenvalue weighted by atomic mass is 32.2. The Hall–Kier alpha value is -0.970. The second kappa shape index (κ2) is 5.34. The number of ether oxygens (including phenoxy) is 1. The molecule has 4 heteroatoms. The molecule has 3 rings (SSSR count). The van der Waals surface area contributed by atoms with E-state index in [1.807, 2.05) is 7.05 Å². The third-order valence-electron chi connectivity index (χ3n) is 3.09. The molecule has 0 saturated carbocycles. The van der Waals surface area contributed by atoms with E-state index in [4.69, 9.17) is 4.74 Å². The Morgan fingerprint density at radius 2 is 2.33 bits per heavy atom. The summed E-state index contributed by atoms with van der Waals surface area (Å²) in [5.74, 6) is 1.03. The fourth-order valence-electron chi connectivity index (χ4n) is 2.17. The lowest BCUT2D eigenvalue weighted by molar-refractivity contribution is 0.257. The molecule has 0 bridgehead atoms. The largest absolute Gasteiger partial charge is 0.493 e. The van der Waals surface area contributed by atoms with Crippen LogP contribution in [0.3, 0.4) is 0 Å². The van der Waals surface area contributed by atoms with Crippen molar-refractivity contribution in [3.63, 3.8) is 0 Å². The highest BCUT2D eigenvalue weighted by molar-refractivity contribution is 8.01. The summed E-state index contributed by atoms with van der Waals surface area (Å²) >= 11 is 3.56. The van der Waals surface area contributed by atoms with Crippen LogP contribution < -0.4 is 10.1 Å². The van der Waals surface area contributed by atoms with Gasteiger partial charge in [0, 0.05) is 22.9 Å². The normalized spacial score (nSPS) is 18.2. The summed E-state index contributed by atoms with van der Waals surface area (Å²) in [6.07, 6.45) is 1.04. The van der Waals surface area contributed by atoms with E-state index < -0.39 is 0 Å². The molecule has 0 amide bonds. The Morgan fingerprint density at radius 3 is 3.11 bits per heavy atom. The van der Waals surface area contributed by atoms with Crippen molar-refractivity contribution >= 4 is 23.1 Å². The summed E-state index contributed by atoms with van der Waals surface area (Å²) in [6, 6.07) is 11.2. The summed E-state index contributed by atoms with van der Waals surface area (Å²) in [5, 5.41) is 5.45. The van der Waals surface area contributed by atoms with Gasteiger partial charge < -0.3 is 10.1 Å². The second-order valence-corrected chi connectivity index (χ2v) is 6.53. The Bertz CT molecular complexity index is 525. The van der Waals surface area contributed by atoms with Crippen molar-refractivity contribution in [1.82, 2.24) is 5.32 Å². The summed E-state index contributed by atoms with van der Waals surface area (Å²) in [4.78, 5) is 1.24. The van der Waals surface area contributed by atoms with Gasteiger partial charge in [-0.3, -0.25) is 0 Å². The molecule has 2 nitrogen and oxygen atoms in total. The highest BCUT2D eigenvalue weighted by Gasteiger charge is 2.20. The van der Waals surface area contributed by atoms with Gasteiger partial charge in [-0.25, -0.2) is 0 Å². The van der Waals surface area contributed by atoms with Gasteiger partial charge in [0.1, 0.15) is 5.75 Å². The molecule has 0 fully saturated rings. The molecule has 2 heterocycles. The zero-order valence-corrected chi connectivity index (χ0v) is 11.8. The number of rotatable bonds is 3. The predicted octanol–water partition coefficient (Wildman–Crippen LogP) is 3.94. The smallest absolute Gasteiger partial charge is 0.125 e. The van der Waals surface area contributed by atoms with Gasteiger partial charge >= 0.3 is 0 Å². The molecule has 1 N–H and O–H groups in total. The SMILES string of the molecule is CNC1CCOc2cc(Sc3cccs3)ccc21. The third kappa shape index (κ3) is 2.41. The van der Waals surface area contributed by atoms with Crippen molar-refractivity contribution in [3.05, 3.63) is 41.3 Å². The van der Waals surface area contributed by atoms with E-state index in [2.05, 4.69) is 41.0 Å². The molecule has 1 aliphatic rings. The van der Waals surface area contributed by atoms with Crippen LogP contribution in [-0.4, -0.2) is 13.7 Å². The van der Waals surface area contributed by atoms with Crippen LogP contribution >= 0.6 is 23.1 Å². The minimum atomic E-state index is 0.425. The van der Waals surface area contributed by atoms with Crippen LogP contribution in [0.1, 0.15) is 18.0 Å². The van der Waals surface area contributed by atoms with Gasteiger partial charge in [-0.05, 0) is 30.6 Å². The lowest BCUT2D eigenvalue weighted by Crippen LogP contribution is -2.23. The molecule has 0 spiro atoms. The topological polar surface area (TPSA) is 21.3 Å². The number of nitrogens with one attached hydrogen (secondary N) is 1. The van der Waals surface area contributed by atoms with Crippen molar-refractivity contribution in [1.29, 1.82) is 0 Å². The standard InChI is InChI=1S/C14H15NOS2/c1-15-12-6-7-16-13-9-10(4-5-11(12)13)18-14-3-2-8-17-14/h2-5,8-9,12,15H,6-7H2,1H3. The average molecular weight is 277 g/mol. The van der Waals surface area contributed by atoms with Gasteiger partial charge in [0.05, 0.1) is 10.8 Å². The summed E-state index contributed by atoms with van der Waals surface area (Å²) < 4.78 is 7.08. The van der Waals surface area contributed by atoms with Crippen LogP contribution in [0.15, 0.2) is 44.8 Å². The van der Waals surface area contributed by atoms with E-state index in [0.29, 0.717) is 6.04 Å². The Morgan fingerprint density at radius 1 is 1.39 bits per heavy atom. The molecular formula is C14H15NOS2. The second-order valence-electron chi connectivity index (χ2n) is 4.21. The third-order valence-corrected chi connectivity index (χ3v) is 5.11. The van der Waals surface area contributed by atoms with Crippen LogP contribution in [-0.2, 0) is 0 Å². The zero-order chi connectivity index (χ0) is 12.4. The van der Waals surface area contributed by atoms with Gasteiger partial charge in [0.25, 0.3) is 0 Å². The average Bonchev–Trinajstić information content (AvgIpc) is 2.90. The molecule has 1 aromatic heterocycles. The molecule has 2 aromatic rings. The van der Waals surface area contributed by atoms with Crippen LogP contribution in [0, 0.1) is 0 Å². The van der Waals surface area contributed by atoms with Gasteiger partial charge in [-0.2, -0.15) is 0 Å². The van der Waals surface area contributed by atoms with Gasteiger partial charge in [0.2, 0.25) is 0 Å². The van der Waals surface area contributed by atoms with E-state index in [1.165, 1.54) is 14.7 Å². The summed E-state index contributed by atoms with van der Waals surface area (Å²) in [5.41, 5.74) is 1.28. The Balaban J connectivity index is 1.86. The fourth-order valence-corrected chi connectivity index (χ4v) is 3.95. The number of hydrogen-bond acceptors (Lipinski definition) is 4. The van der Waals surface area contributed by atoms with Crippen molar-refractivity contribution < 1.29 is 4.74 Å². The van der Waals surface area contributed by atoms with E-state index in [0.717, 1.165) is 18.8 Å². The first-order chi connectivity index (χ1) is 8.86. The minimum absolute atomic E-state index is 0.425. The molecule has 0 saturated heterocycles. The van der Waals surface area contributed by atoms with E-state index in [9.17, 15) is 0 Å². The van der Waals surface area contributed by atoms with Crippen molar-refractivity contribution in [3.8, 4) is 5.75 Å². The molecule has 1 unspecified atom stereocenters. The summed E-state index contributed by atoms with van der Waals surface area (Å²) in [7, 11) is 2.01. The molecule has 94 valence electrons. The zero-order valence-electron chi connectivity index (χ0n) is 10.2. The molecular weight excluding hydrogens is 262 g/mol. The quantitative estimate of drug-likeness (QED) is 0.918. The highest BCUT2D eigenvalue weighted by Crippen LogP contribution is 2.38. The first-order valence-corrected chi connectivity index (χ1v) is 7.72. The van der Waals surface area contributed by atoms with Gasteiger partial charge in [0.15, 0.2) is 0 Å². The van der Waals surface area contributed by atoms with E-state index in [1.54, 1.807) is 23.1 Å². The van der Waals surface area contributed by atoms with Crippen LogP contribution in [0.25, 0.3) is 0 Å². The first kappa shape index (κ1) is 12.1. The number of thiophene rings is 1. The summed E-state index contributed by atoms with van der Waals surface area (Å²) in [6.45, 7) is 0.797. The van der Waals surface area contributed by atoms with E-state index in [-0.39, 0.29) is 0 Å². The lowest BCUT2D eigenvalue weighted by atomic mass is 10.0. The molecule has 18 heavy (non-hydrogen) atoms. The number of benzene rings is 1. The number of hydrogen-bond donors (Lipinski definition) is 1. The van der Waals surface area contributed by atoms with Gasteiger partial charge in [-0.15, -0.1) is 11.3 Å². The minimum Gasteiger partial charge on any atom is -0.493 e. The number of fused-ring (bicyclic) bond motifs is 1. The maximum absolute atomic E-state index is 5.77. The maximum atomic E-state index is 5.77. The molecule has 0 radical (unpaired) electrons. The lowest BCUT2D eigenvalue weighted by Gasteiger charge is -2.25. The fraction of sp³-hybridized carbons (Fsp3) is 0.286. The van der Waals surface area contributed by atoms with Crippen LogP contribution in [0.5, 0.6) is 5.75 Å². The molecule has 1 aliphatic heterocycles. The maximum Gasteiger partial charge on any atom is 0.125 e. The first-order valence-electron chi connectivity index (χ1n) is 6.02. The predicted molar refractivity (Wildman–Crippen MR) is 76.8 cm³/mol. The Labute approximate surface area is 115 Å². The van der Waals surface area contributed by atoms with E-state index >= 15 is 0 Å². The monoisotopic (exact) mass is 277 g/mol. The van der Waals surface area contributed by atoms with Crippen molar-refractivity contribution in [2.75, 3.05) is 13.7 Å². The molecule has 1 aromatic carbocycles. The van der Waals surface area contributed by atoms with Crippen molar-refractivity contribution in [2.45, 2.75) is 21.6 Å².